The minimum atomic E-state index is -0.615. The Bertz CT molecular complexity index is 792. The van der Waals surface area contributed by atoms with E-state index in [1.165, 1.54) is 22.6 Å². The molecule has 0 spiro atoms. The number of amides is 2. The summed E-state index contributed by atoms with van der Waals surface area (Å²) in [5, 5.41) is 25.7. The van der Waals surface area contributed by atoms with Crippen molar-refractivity contribution in [1.82, 2.24) is 15.2 Å². The molecule has 3 heterocycles. The van der Waals surface area contributed by atoms with Crippen molar-refractivity contribution in [3.8, 4) is 0 Å². The Morgan fingerprint density at radius 1 is 1.38 bits per heavy atom. The quantitative estimate of drug-likeness (QED) is 0.488. The van der Waals surface area contributed by atoms with Gasteiger partial charge < -0.3 is 5.11 Å². The molecule has 0 aromatic carbocycles. The molecule has 13 heteroatoms. The van der Waals surface area contributed by atoms with Gasteiger partial charge in [-0.3, -0.25) is 14.9 Å². The fraction of sp³-hybridized carbons (Fsp3) is 0.462. The van der Waals surface area contributed by atoms with E-state index in [9.17, 15) is 9.59 Å². The number of nitrogens with zero attached hydrogens (tertiary/aromatic N) is 6. The zero-order valence-corrected chi connectivity index (χ0v) is 16.1. The lowest BCUT2D eigenvalue weighted by Crippen LogP contribution is -2.35. The first kappa shape index (κ1) is 18.9. The van der Waals surface area contributed by atoms with E-state index < -0.39 is 5.92 Å². The number of hydrazone groups is 1. The molecule has 0 aliphatic carbocycles. The SMILES string of the molecule is CCSc1nnc(NC(=O)CSC2=NC(=O)C3C=NN(CCO)C3=N2)s1. The van der Waals surface area contributed by atoms with Gasteiger partial charge in [0.2, 0.25) is 11.0 Å². The molecule has 26 heavy (non-hydrogen) atoms. The fourth-order valence-electron chi connectivity index (χ4n) is 2.08. The van der Waals surface area contributed by atoms with Crippen LogP contribution >= 0.6 is 34.9 Å². The van der Waals surface area contributed by atoms with Crippen molar-refractivity contribution in [3.63, 3.8) is 0 Å². The molecular weight excluding hydrogens is 398 g/mol. The van der Waals surface area contributed by atoms with E-state index in [1.807, 2.05) is 6.92 Å². The van der Waals surface area contributed by atoms with Gasteiger partial charge in [-0.25, -0.2) is 10.0 Å². The average molecular weight is 414 g/mol. The molecule has 1 aromatic rings. The lowest BCUT2D eigenvalue weighted by Gasteiger charge is -2.19. The molecule has 0 fully saturated rings. The van der Waals surface area contributed by atoms with E-state index in [0.717, 1.165) is 21.9 Å². The summed E-state index contributed by atoms with van der Waals surface area (Å²) in [5.41, 5.74) is 0. The Kier molecular flexibility index (Phi) is 6.34. The Labute approximate surface area is 161 Å². The van der Waals surface area contributed by atoms with Gasteiger partial charge in [0.15, 0.2) is 9.51 Å². The number of aliphatic hydroxyl groups excluding tert-OH is 1. The second kappa shape index (κ2) is 8.70. The summed E-state index contributed by atoms with van der Waals surface area (Å²) in [7, 11) is 0. The molecule has 0 radical (unpaired) electrons. The number of aromatic nitrogens is 2. The van der Waals surface area contributed by atoms with Crippen molar-refractivity contribution in [2.45, 2.75) is 11.3 Å². The van der Waals surface area contributed by atoms with Gasteiger partial charge in [-0.1, -0.05) is 41.8 Å². The van der Waals surface area contributed by atoms with Gasteiger partial charge in [0.05, 0.1) is 18.9 Å². The van der Waals surface area contributed by atoms with Crippen LogP contribution in [0.25, 0.3) is 0 Å². The van der Waals surface area contributed by atoms with Crippen LogP contribution in [0.3, 0.4) is 0 Å². The predicted molar refractivity (Wildman–Crippen MR) is 103 cm³/mol. The number of carbonyl (C=O) groups is 2. The molecule has 2 N–H and O–H groups in total. The molecule has 2 amide bonds. The summed E-state index contributed by atoms with van der Waals surface area (Å²) >= 11 is 3.91. The molecule has 0 saturated carbocycles. The molecule has 1 unspecified atom stereocenters. The Morgan fingerprint density at radius 3 is 3.00 bits per heavy atom. The molecule has 0 bridgehead atoms. The van der Waals surface area contributed by atoms with Crippen LogP contribution in [-0.4, -0.2) is 74.0 Å². The molecule has 3 rings (SSSR count). The van der Waals surface area contributed by atoms with Crippen LogP contribution in [0.1, 0.15) is 6.92 Å². The standard InChI is InChI=1S/C13H15N7O3S3/c1-2-24-13-19-18-12(26-13)15-8(22)6-25-11-16-9-7(10(23)17-11)5-14-20(9)3-4-21/h5,7,21H,2-4,6H2,1H3,(H,15,18,22). The number of carbonyl (C=O) groups excluding carboxylic acids is 2. The molecule has 1 atom stereocenters. The lowest BCUT2D eigenvalue weighted by atomic mass is 10.1. The zero-order valence-electron chi connectivity index (χ0n) is 13.7. The van der Waals surface area contributed by atoms with Crippen molar-refractivity contribution in [2.24, 2.45) is 21.0 Å². The van der Waals surface area contributed by atoms with Crippen LogP contribution < -0.4 is 5.32 Å². The number of fused-ring (bicyclic) bond motifs is 1. The van der Waals surface area contributed by atoms with Crippen LogP contribution in [-0.2, 0) is 9.59 Å². The Hall–Kier alpha value is -1.83. The highest BCUT2D eigenvalue weighted by molar-refractivity contribution is 8.14. The minimum absolute atomic E-state index is 0.0320. The third-order valence-electron chi connectivity index (χ3n) is 3.14. The number of β-amino-alcohol motifs (C(OH)–C–C–N with tert-alkyl or cyclic N) is 1. The van der Waals surface area contributed by atoms with Crippen molar-refractivity contribution in [2.75, 3.05) is 30.0 Å². The Morgan fingerprint density at radius 2 is 2.23 bits per heavy atom. The summed E-state index contributed by atoms with van der Waals surface area (Å²) in [4.78, 5) is 32.3. The van der Waals surface area contributed by atoms with E-state index in [4.69, 9.17) is 5.11 Å². The molecular formula is C13H15N7O3S3. The van der Waals surface area contributed by atoms with Gasteiger partial charge in [-0.05, 0) is 5.75 Å². The second-order valence-electron chi connectivity index (χ2n) is 4.93. The van der Waals surface area contributed by atoms with Gasteiger partial charge in [0.1, 0.15) is 11.8 Å². The largest absolute Gasteiger partial charge is 0.394 e. The lowest BCUT2D eigenvalue weighted by molar-refractivity contribution is -0.118. The van der Waals surface area contributed by atoms with Gasteiger partial charge in [0, 0.05) is 6.21 Å². The van der Waals surface area contributed by atoms with E-state index in [-0.39, 0.29) is 35.9 Å². The van der Waals surface area contributed by atoms with Crippen LogP contribution in [0.2, 0.25) is 0 Å². The van der Waals surface area contributed by atoms with Gasteiger partial charge in [0.25, 0.3) is 5.91 Å². The molecule has 2 aliphatic heterocycles. The highest BCUT2D eigenvalue weighted by Crippen LogP contribution is 2.25. The Balaban J connectivity index is 1.56. The third kappa shape index (κ3) is 4.47. The highest BCUT2D eigenvalue weighted by Gasteiger charge is 2.35. The summed E-state index contributed by atoms with van der Waals surface area (Å²) < 4.78 is 0.792. The summed E-state index contributed by atoms with van der Waals surface area (Å²) in [6.45, 7) is 2.14. The van der Waals surface area contributed by atoms with Gasteiger partial charge >= 0.3 is 0 Å². The van der Waals surface area contributed by atoms with E-state index in [1.54, 1.807) is 11.8 Å². The molecule has 138 valence electrons. The molecule has 2 aliphatic rings. The number of aliphatic hydroxyl groups is 1. The number of rotatable bonds is 7. The van der Waals surface area contributed by atoms with Crippen molar-refractivity contribution in [3.05, 3.63) is 0 Å². The smallest absolute Gasteiger partial charge is 0.264 e. The highest BCUT2D eigenvalue weighted by atomic mass is 32.2. The fourth-order valence-corrected chi connectivity index (χ4v) is 4.39. The predicted octanol–water partition coefficient (Wildman–Crippen LogP) is 0.526. The monoisotopic (exact) mass is 413 g/mol. The number of hydrogen-bond donors (Lipinski definition) is 2. The zero-order chi connectivity index (χ0) is 18.5. The van der Waals surface area contributed by atoms with E-state index in [0.29, 0.717) is 11.0 Å². The summed E-state index contributed by atoms with van der Waals surface area (Å²) in [6, 6.07) is 0. The van der Waals surface area contributed by atoms with E-state index in [2.05, 4.69) is 30.6 Å². The topological polar surface area (TPSA) is 132 Å². The normalized spacial score (nSPS) is 18.6. The molecule has 1 aromatic heterocycles. The third-order valence-corrected chi connectivity index (χ3v) is 5.85. The maximum Gasteiger partial charge on any atom is 0.264 e. The first-order valence-corrected chi connectivity index (χ1v) is 10.4. The van der Waals surface area contributed by atoms with Crippen molar-refractivity contribution < 1.29 is 14.7 Å². The van der Waals surface area contributed by atoms with Crippen LogP contribution in [0.5, 0.6) is 0 Å². The number of aliphatic imine (C=N–C) groups is 2. The van der Waals surface area contributed by atoms with Crippen LogP contribution in [0.15, 0.2) is 19.4 Å². The maximum absolute atomic E-state index is 12.1. The maximum atomic E-state index is 12.1. The second-order valence-corrected chi connectivity index (χ2v) is 8.37. The number of amidine groups is 2. The van der Waals surface area contributed by atoms with Gasteiger partial charge in [-0.15, -0.1) is 10.2 Å². The number of nitrogens with one attached hydrogen (secondary N) is 1. The number of anilines is 1. The number of thioether (sulfide) groups is 2. The van der Waals surface area contributed by atoms with Crippen molar-refractivity contribution >= 4 is 69.0 Å². The first-order chi connectivity index (χ1) is 12.6. The van der Waals surface area contributed by atoms with Crippen LogP contribution in [0.4, 0.5) is 5.13 Å². The minimum Gasteiger partial charge on any atom is -0.394 e. The summed E-state index contributed by atoms with van der Waals surface area (Å²) in [6.07, 6.45) is 1.45. The van der Waals surface area contributed by atoms with Crippen LogP contribution in [0, 0.1) is 5.92 Å². The summed E-state index contributed by atoms with van der Waals surface area (Å²) in [5.74, 6) is 0.0523. The first-order valence-electron chi connectivity index (χ1n) is 7.63. The number of hydrogen-bond acceptors (Lipinski definition) is 11. The van der Waals surface area contributed by atoms with Crippen molar-refractivity contribution in [1.29, 1.82) is 0 Å². The molecule has 0 saturated heterocycles. The van der Waals surface area contributed by atoms with Gasteiger partial charge in [-0.2, -0.15) is 10.1 Å². The van der Waals surface area contributed by atoms with E-state index >= 15 is 0 Å². The molecule has 10 nitrogen and oxygen atoms in total. The average Bonchev–Trinajstić information content (AvgIpc) is 3.21.